The number of thioether (sulfide) groups is 1. The number of carbonyl (C=O) groups is 3. The van der Waals surface area contributed by atoms with Gasteiger partial charge in [-0.2, -0.15) is 0 Å². The first kappa shape index (κ1) is 41.7. The fraction of sp³-hybridized carbons (Fsp3) is 0.413. The summed E-state index contributed by atoms with van der Waals surface area (Å²) in [5, 5.41) is 0. The minimum atomic E-state index is -1.26. The van der Waals surface area contributed by atoms with Crippen molar-refractivity contribution < 1.29 is 38.1 Å². The van der Waals surface area contributed by atoms with Gasteiger partial charge in [-0.1, -0.05) is 121 Å². The molecule has 55 heavy (non-hydrogen) atoms. The highest BCUT2D eigenvalue weighted by Crippen LogP contribution is 2.44. The minimum absolute atomic E-state index is 0.115. The Balaban J connectivity index is 1.69. The van der Waals surface area contributed by atoms with Crippen molar-refractivity contribution in [2.24, 2.45) is 16.2 Å². The van der Waals surface area contributed by atoms with Gasteiger partial charge in [-0.3, -0.25) is 14.4 Å². The van der Waals surface area contributed by atoms with Gasteiger partial charge in [-0.25, -0.2) is 0 Å². The van der Waals surface area contributed by atoms with E-state index in [-0.39, 0.29) is 6.61 Å². The standard InChI is InChI=1S/C46H54O8S/c1-43(2,3)40(47)52-36-35(30-50-46(31-22-14-10-15-23-31,32-24-16-11-17-25-32)33-26-18-12-19-27-33)51-39(55-34-28-20-13-21-29-34)38(54-42(49)45(7,8)9)37(36)53-41(48)44(4,5)6/h10-29,35-39H,30H2,1-9H3/t35-,36-,37+,38-,39+/m1/s1. The van der Waals surface area contributed by atoms with E-state index >= 15 is 0 Å². The average molecular weight is 767 g/mol. The maximum Gasteiger partial charge on any atom is 0.311 e. The number of hydrogen-bond acceptors (Lipinski definition) is 9. The van der Waals surface area contributed by atoms with E-state index in [0.29, 0.717) is 0 Å². The summed E-state index contributed by atoms with van der Waals surface area (Å²) in [5.41, 5.74) is -2.20. The summed E-state index contributed by atoms with van der Waals surface area (Å²) in [7, 11) is 0. The predicted octanol–water partition coefficient (Wildman–Crippen LogP) is 9.39. The Bertz CT molecular complexity index is 1770. The molecule has 0 unspecified atom stereocenters. The van der Waals surface area contributed by atoms with Gasteiger partial charge in [0.1, 0.15) is 17.1 Å². The van der Waals surface area contributed by atoms with Crippen LogP contribution in [0.2, 0.25) is 0 Å². The first-order valence-corrected chi connectivity index (χ1v) is 19.6. The molecule has 1 heterocycles. The van der Waals surface area contributed by atoms with Gasteiger partial charge >= 0.3 is 17.9 Å². The van der Waals surface area contributed by atoms with Crippen molar-refractivity contribution in [1.82, 2.24) is 0 Å². The van der Waals surface area contributed by atoms with E-state index in [2.05, 4.69) is 0 Å². The number of ether oxygens (including phenoxy) is 5. The molecule has 5 rings (SSSR count). The molecule has 1 aliphatic rings. The Morgan fingerprint density at radius 1 is 0.509 bits per heavy atom. The van der Waals surface area contributed by atoms with Gasteiger partial charge in [0.2, 0.25) is 0 Å². The molecule has 1 aliphatic heterocycles. The van der Waals surface area contributed by atoms with E-state index in [1.807, 2.05) is 121 Å². The van der Waals surface area contributed by atoms with Gasteiger partial charge in [0.25, 0.3) is 0 Å². The Hall–Kier alpha value is -4.44. The molecular formula is C46H54O8S. The Morgan fingerprint density at radius 3 is 1.24 bits per heavy atom. The molecule has 0 spiro atoms. The van der Waals surface area contributed by atoms with Crippen LogP contribution < -0.4 is 0 Å². The molecule has 0 aromatic heterocycles. The quantitative estimate of drug-likeness (QED) is 0.0841. The Morgan fingerprint density at radius 2 is 0.855 bits per heavy atom. The monoisotopic (exact) mass is 766 g/mol. The van der Waals surface area contributed by atoms with Crippen LogP contribution in [0.3, 0.4) is 0 Å². The number of carbonyl (C=O) groups excluding carboxylic acids is 3. The van der Waals surface area contributed by atoms with Gasteiger partial charge in [-0.05, 0) is 91.1 Å². The lowest BCUT2D eigenvalue weighted by atomic mass is 9.80. The van der Waals surface area contributed by atoms with E-state index in [1.165, 1.54) is 11.8 Å². The summed E-state index contributed by atoms with van der Waals surface area (Å²) in [6.07, 6.45) is -4.65. The van der Waals surface area contributed by atoms with E-state index in [4.69, 9.17) is 23.7 Å². The number of rotatable bonds is 11. The van der Waals surface area contributed by atoms with Gasteiger partial charge < -0.3 is 23.7 Å². The fourth-order valence-corrected chi connectivity index (χ4v) is 7.14. The summed E-state index contributed by atoms with van der Waals surface area (Å²) in [4.78, 5) is 42.2. The van der Waals surface area contributed by atoms with Crippen molar-refractivity contribution in [3.8, 4) is 0 Å². The van der Waals surface area contributed by atoms with Gasteiger partial charge in [0, 0.05) is 4.90 Å². The van der Waals surface area contributed by atoms with E-state index < -0.39 is 69.6 Å². The minimum Gasteiger partial charge on any atom is -0.455 e. The van der Waals surface area contributed by atoms with Crippen LogP contribution in [0, 0.1) is 16.2 Å². The molecule has 292 valence electrons. The molecule has 0 radical (unpaired) electrons. The van der Waals surface area contributed by atoms with Crippen LogP contribution in [0.15, 0.2) is 126 Å². The van der Waals surface area contributed by atoms with Crippen molar-refractivity contribution in [3.63, 3.8) is 0 Å². The number of hydrogen-bond donors (Lipinski definition) is 0. The van der Waals surface area contributed by atoms with Crippen LogP contribution in [0.25, 0.3) is 0 Å². The van der Waals surface area contributed by atoms with E-state index in [9.17, 15) is 14.4 Å². The highest BCUT2D eigenvalue weighted by atomic mass is 32.2. The second-order valence-electron chi connectivity index (χ2n) is 16.9. The van der Waals surface area contributed by atoms with Crippen LogP contribution in [0.5, 0.6) is 0 Å². The Labute approximate surface area is 330 Å². The summed E-state index contributed by atoms with van der Waals surface area (Å²) >= 11 is 1.33. The van der Waals surface area contributed by atoms with Crippen molar-refractivity contribution in [2.75, 3.05) is 6.61 Å². The molecule has 0 saturated carbocycles. The smallest absolute Gasteiger partial charge is 0.311 e. The summed E-state index contributed by atoms with van der Waals surface area (Å²) in [5.74, 6) is -1.62. The normalized spacial score (nSPS) is 20.6. The zero-order valence-corrected chi connectivity index (χ0v) is 34.1. The molecular weight excluding hydrogens is 713 g/mol. The highest BCUT2D eigenvalue weighted by Gasteiger charge is 2.55. The van der Waals surface area contributed by atoms with Crippen molar-refractivity contribution in [1.29, 1.82) is 0 Å². The maximum absolute atomic E-state index is 13.9. The maximum atomic E-state index is 13.9. The third kappa shape index (κ3) is 10.1. The van der Waals surface area contributed by atoms with Gasteiger partial charge in [0.15, 0.2) is 18.3 Å². The molecule has 1 fully saturated rings. The van der Waals surface area contributed by atoms with E-state index in [1.54, 1.807) is 62.3 Å². The van der Waals surface area contributed by atoms with Crippen molar-refractivity contribution in [3.05, 3.63) is 138 Å². The first-order chi connectivity index (χ1) is 25.9. The first-order valence-electron chi connectivity index (χ1n) is 18.7. The van der Waals surface area contributed by atoms with Crippen LogP contribution in [0.1, 0.15) is 79.0 Å². The average Bonchev–Trinajstić information content (AvgIpc) is 3.14. The molecule has 0 amide bonds. The summed E-state index contributed by atoms with van der Waals surface area (Å²) in [6.45, 7) is 15.6. The molecule has 0 aliphatic carbocycles. The van der Waals surface area contributed by atoms with Gasteiger partial charge in [-0.15, -0.1) is 0 Å². The number of esters is 3. The molecule has 4 aromatic carbocycles. The van der Waals surface area contributed by atoms with Crippen LogP contribution in [-0.4, -0.2) is 54.4 Å². The van der Waals surface area contributed by atoms with Crippen molar-refractivity contribution >= 4 is 29.7 Å². The largest absolute Gasteiger partial charge is 0.455 e. The molecule has 4 aromatic rings. The van der Waals surface area contributed by atoms with Gasteiger partial charge in [0.05, 0.1) is 22.9 Å². The predicted molar refractivity (Wildman–Crippen MR) is 214 cm³/mol. The molecule has 1 saturated heterocycles. The summed E-state index contributed by atoms with van der Waals surface area (Å²) in [6, 6.07) is 39.3. The third-order valence-corrected chi connectivity index (χ3v) is 10.3. The highest BCUT2D eigenvalue weighted by molar-refractivity contribution is 7.99. The lowest BCUT2D eigenvalue weighted by Gasteiger charge is -2.47. The van der Waals surface area contributed by atoms with Crippen LogP contribution in [-0.2, 0) is 43.7 Å². The lowest BCUT2D eigenvalue weighted by Crippen LogP contribution is -2.63. The molecule has 0 N–H and O–H groups in total. The summed E-state index contributed by atoms with van der Waals surface area (Å²) < 4.78 is 33.1. The Kier molecular flexibility index (Phi) is 13.0. The second kappa shape index (κ2) is 17.1. The SMILES string of the molecule is CC(C)(C)C(=O)O[C@@H]1[C@@H](OC(=O)C(C)(C)C)[C@H](Sc2ccccc2)O[C@H](COC(c2ccccc2)(c2ccccc2)c2ccccc2)[C@H]1OC(=O)C(C)(C)C. The zero-order valence-electron chi connectivity index (χ0n) is 33.3. The number of benzene rings is 4. The third-order valence-electron chi connectivity index (χ3n) is 9.16. The topological polar surface area (TPSA) is 97.4 Å². The van der Waals surface area contributed by atoms with Crippen LogP contribution >= 0.6 is 11.8 Å². The molecule has 5 atom stereocenters. The molecule has 9 heteroatoms. The van der Waals surface area contributed by atoms with Crippen LogP contribution in [0.4, 0.5) is 0 Å². The molecule has 8 nitrogen and oxygen atoms in total. The van der Waals surface area contributed by atoms with Crippen molar-refractivity contribution in [2.45, 2.75) is 103 Å². The lowest BCUT2D eigenvalue weighted by molar-refractivity contribution is -0.249. The zero-order chi connectivity index (χ0) is 40.0. The van der Waals surface area contributed by atoms with E-state index in [0.717, 1.165) is 21.6 Å². The molecule has 0 bridgehead atoms. The fourth-order valence-electron chi connectivity index (χ4n) is 6.02. The second-order valence-corrected chi connectivity index (χ2v) is 18.1.